The van der Waals surface area contributed by atoms with Crippen LogP contribution in [0.5, 0.6) is 0 Å². The molecule has 0 fully saturated rings. The first-order valence-electron chi connectivity index (χ1n) is 19.9. The first-order valence-corrected chi connectivity index (χ1v) is 19.9. The molecule has 0 aliphatic heterocycles. The predicted octanol–water partition coefficient (Wildman–Crippen LogP) is 13.7. The van der Waals surface area contributed by atoms with Gasteiger partial charge in [-0.3, -0.25) is 0 Å². The van der Waals surface area contributed by atoms with Gasteiger partial charge in [-0.05, 0) is 51.9 Å². The number of hydrogen-bond donors (Lipinski definition) is 0. The summed E-state index contributed by atoms with van der Waals surface area (Å²) in [5.41, 5.74) is 0. The highest BCUT2D eigenvalue weighted by molar-refractivity contribution is 4.78. The van der Waals surface area contributed by atoms with Gasteiger partial charge in [0.1, 0.15) is 12.7 Å². The Morgan fingerprint density at radius 2 is 0.750 bits per heavy atom. The molecule has 44 heavy (non-hydrogen) atoms. The van der Waals surface area contributed by atoms with Crippen molar-refractivity contribution in [1.29, 1.82) is 0 Å². The van der Waals surface area contributed by atoms with Crippen LogP contribution < -0.4 is 0 Å². The van der Waals surface area contributed by atoms with Gasteiger partial charge in [0.25, 0.3) is 0 Å². The Kier molecular flexibility index (Phi) is 37.4. The molecule has 3 heteroatoms. The molecule has 3 nitrogen and oxygen atoms in total. The number of allylic oxidation sites excluding steroid dienone is 2. The van der Waals surface area contributed by atoms with E-state index in [-0.39, 0.29) is 6.10 Å². The fourth-order valence-electron chi connectivity index (χ4n) is 5.99. The summed E-state index contributed by atoms with van der Waals surface area (Å²) in [6, 6.07) is 0. The van der Waals surface area contributed by atoms with Crippen LogP contribution in [-0.4, -0.2) is 38.3 Å². The van der Waals surface area contributed by atoms with Crippen molar-refractivity contribution in [3.8, 4) is 0 Å². The van der Waals surface area contributed by atoms with Crippen molar-refractivity contribution in [2.45, 2.75) is 213 Å². The van der Waals surface area contributed by atoms with Gasteiger partial charge in [-0.1, -0.05) is 181 Å². The molecule has 0 rings (SSSR count). The lowest BCUT2D eigenvalue weighted by atomic mass is 10.0. The summed E-state index contributed by atoms with van der Waals surface area (Å²) in [5.74, 6) is 0. The molecule has 262 valence electrons. The van der Waals surface area contributed by atoms with E-state index in [4.69, 9.17) is 9.47 Å². The molecule has 0 aromatic rings. The monoisotopic (exact) mass is 620 g/mol. The maximum Gasteiger partial charge on any atom is 0.144 e. The van der Waals surface area contributed by atoms with Crippen LogP contribution in [0.25, 0.3) is 0 Å². The van der Waals surface area contributed by atoms with E-state index < -0.39 is 0 Å². The highest BCUT2D eigenvalue weighted by Gasteiger charge is 2.09. The van der Waals surface area contributed by atoms with Gasteiger partial charge in [-0.15, -0.1) is 0 Å². The summed E-state index contributed by atoms with van der Waals surface area (Å²) >= 11 is 0. The first kappa shape index (κ1) is 43.0. The summed E-state index contributed by atoms with van der Waals surface area (Å²) in [6.45, 7) is 6.07. The van der Waals surface area contributed by atoms with E-state index in [9.17, 15) is 0 Å². The third-order valence-corrected chi connectivity index (χ3v) is 8.86. The minimum atomic E-state index is 0.0725. The lowest BCUT2D eigenvalue weighted by molar-refractivity contribution is 0.0496. The first-order chi connectivity index (χ1) is 21.7. The van der Waals surface area contributed by atoms with Gasteiger partial charge in [-0.25, -0.2) is 0 Å². The van der Waals surface area contributed by atoms with Gasteiger partial charge in [0.15, 0.2) is 0 Å². The Hall–Kier alpha value is -0.960. The maximum absolute atomic E-state index is 6.02. The van der Waals surface area contributed by atoms with Crippen molar-refractivity contribution in [3.05, 3.63) is 24.7 Å². The van der Waals surface area contributed by atoms with E-state index in [0.717, 1.165) is 19.4 Å². The van der Waals surface area contributed by atoms with Crippen LogP contribution >= 0.6 is 0 Å². The summed E-state index contributed by atoms with van der Waals surface area (Å²) in [5, 5.41) is 0. The highest BCUT2D eigenvalue weighted by atomic mass is 16.5. The summed E-state index contributed by atoms with van der Waals surface area (Å²) in [6.07, 6.45) is 50.0. The zero-order valence-electron chi connectivity index (χ0n) is 30.8. The molecule has 0 saturated carbocycles. The fourth-order valence-corrected chi connectivity index (χ4v) is 5.99. The number of nitrogens with zero attached hydrogens (tertiary/aromatic N) is 1. The van der Waals surface area contributed by atoms with Gasteiger partial charge >= 0.3 is 0 Å². The molecule has 0 aromatic heterocycles. The highest BCUT2D eigenvalue weighted by Crippen LogP contribution is 2.15. The lowest BCUT2D eigenvalue weighted by Crippen LogP contribution is -2.30. The standard InChI is InChI=1S/C41H81NO2/c1-5-7-9-11-13-15-17-19-21-23-25-27-29-31-33-35-37-43-40-41(39-42(3)4)44-38-36-34-32-30-28-26-24-22-20-18-16-14-12-10-8-6-2/h35-38,41H,5-34,39-40H2,1-4H3. The van der Waals surface area contributed by atoms with Crippen LogP contribution in [0.3, 0.4) is 0 Å². The molecule has 0 radical (unpaired) electrons. The van der Waals surface area contributed by atoms with Crippen LogP contribution in [-0.2, 0) is 9.47 Å². The average molecular weight is 620 g/mol. The zero-order chi connectivity index (χ0) is 32.0. The molecule has 1 unspecified atom stereocenters. The summed E-state index contributed by atoms with van der Waals surface area (Å²) < 4.78 is 11.9. The lowest BCUT2D eigenvalue weighted by Gasteiger charge is -2.20. The second-order valence-electron chi connectivity index (χ2n) is 13.9. The average Bonchev–Trinajstić information content (AvgIpc) is 3.01. The van der Waals surface area contributed by atoms with Crippen molar-refractivity contribution < 1.29 is 9.47 Å². The van der Waals surface area contributed by atoms with Crippen LogP contribution in [0.1, 0.15) is 206 Å². The van der Waals surface area contributed by atoms with Crippen molar-refractivity contribution in [3.63, 3.8) is 0 Å². The third kappa shape index (κ3) is 37.2. The Labute approximate surface area is 278 Å². The minimum absolute atomic E-state index is 0.0725. The second-order valence-corrected chi connectivity index (χ2v) is 13.9. The van der Waals surface area contributed by atoms with E-state index in [1.807, 2.05) is 12.5 Å². The second kappa shape index (κ2) is 38.2. The third-order valence-electron chi connectivity index (χ3n) is 8.86. The van der Waals surface area contributed by atoms with Crippen molar-refractivity contribution in [2.75, 3.05) is 27.2 Å². The van der Waals surface area contributed by atoms with Crippen molar-refractivity contribution in [2.24, 2.45) is 0 Å². The van der Waals surface area contributed by atoms with E-state index >= 15 is 0 Å². The van der Waals surface area contributed by atoms with Gasteiger partial charge in [-0.2, -0.15) is 0 Å². The molecule has 0 aromatic carbocycles. The molecule has 0 heterocycles. The molecule has 0 saturated heterocycles. The number of ether oxygens (including phenoxy) is 2. The molecule has 0 amide bonds. The fraction of sp³-hybridized carbons (Fsp3) is 0.902. The smallest absolute Gasteiger partial charge is 0.144 e. The molecule has 1 atom stereocenters. The van der Waals surface area contributed by atoms with E-state index in [1.54, 1.807) is 0 Å². The number of likely N-dealkylation sites (N-methyl/N-ethyl adjacent to an activating group) is 1. The van der Waals surface area contributed by atoms with Crippen LogP contribution in [0, 0.1) is 0 Å². The normalized spacial score (nSPS) is 12.7. The predicted molar refractivity (Wildman–Crippen MR) is 198 cm³/mol. The van der Waals surface area contributed by atoms with E-state index in [1.165, 1.54) is 180 Å². The molecule has 0 aliphatic carbocycles. The van der Waals surface area contributed by atoms with E-state index in [2.05, 4.69) is 45.0 Å². The van der Waals surface area contributed by atoms with Gasteiger partial charge < -0.3 is 14.4 Å². The van der Waals surface area contributed by atoms with Crippen LogP contribution in [0.4, 0.5) is 0 Å². The minimum Gasteiger partial charge on any atom is -0.498 e. The van der Waals surface area contributed by atoms with Crippen molar-refractivity contribution in [1.82, 2.24) is 4.90 Å². The topological polar surface area (TPSA) is 21.7 Å². The van der Waals surface area contributed by atoms with Crippen LogP contribution in [0.2, 0.25) is 0 Å². The molecule has 0 spiro atoms. The molecule has 0 bridgehead atoms. The number of rotatable bonds is 37. The summed E-state index contributed by atoms with van der Waals surface area (Å²) in [4.78, 5) is 2.17. The van der Waals surface area contributed by atoms with Crippen LogP contribution in [0.15, 0.2) is 24.7 Å². The van der Waals surface area contributed by atoms with Gasteiger partial charge in [0.05, 0.1) is 12.5 Å². The molecular formula is C41H81NO2. The zero-order valence-corrected chi connectivity index (χ0v) is 30.8. The van der Waals surface area contributed by atoms with Gasteiger partial charge in [0, 0.05) is 6.54 Å². The number of unbranched alkanes of at least 4 members (excludes halogenated alkanes) is 28. The van der Waals surface area contributed by atoms with E-state index in [0.29, 0.717) is 6.61 Å². The Morgan fingerprint density at radius 3 is 1.09 bits per heavy atom. The Morgan fingerprint density at radius 1 is 0.432 bits per heavy atom. The Bertz CT molecular complexity index is 573. The Balaban J connectivity index is 3.58. The molecular weight excluding hydrogens is 538 g/mol. The largest absolute Gasteiger partial charge is 0.498 e. The molecule has 0 N–H and O–H groups in total. The van der Waals surface area contributed by atoms with Gasteiger partial charge in [0.2, 0.25) is 0 Å². The maximum atomic E-state index is 6.02. The number of hydrogen-bond acceptors (Lipinski definition) is 3. The quantitative estimate of drug-likeness (QED) is 0.0510. The molecule has 0 aliphatic rings. The summed E-state index contributed by atoms with van der Waals surface area (Å²) in [7, 11) is 4.19. The van der Waals surface area contributed by atoms with Crippen molar-refractivity contribution >= 4 is 0 Å². The SMILES string of the molecule is CCCCCCCCCCCCCCCCC=COCC(CN(C)C)OC=CCCCCCCCCCCCCCCCC.